The van der Waals surface area contributed by atoms with Crippen molar-refractivity contribution in [1.82, 2.24) is 18.8 Å². The fourth-order valence-electron chi connectivity index (χ4n) is 2.83. The number of aromatic nitrogens is 4. The van der Waals surface area contributed by atoms with E-state index in [1.165, 1.54) is 6.20 Å². The maximum Gasteiger partial charge on any atom is 0.354 e. The number of carboxylic acids is 2. The lowest BCUT2D eigenvalue weighted by molar-refractivity contribution is 0.0678. The van der Waals surface area contributed by atoms with Gasteiger partial charge in [0.15, 0.2) is 11.4 Å². The van der Waals surface area contributed by atoms with E-state index in [2.05, 4.69) is 9.97 Å². The lowest BCUT2D eigenvalue weighted by Gasteiger charge is -2.09. The van der Waals surface area contributed by atoms with Gasteiger partial charge in [-0.3, -0.25) is 8.80 Å². The maximum absolute atomic E-state index is 14.6. The highest BCUT2D eigenvalue weighted by molar-refractivity contribution is 5.93. The zero-order valence-corrected chi connectivity index (χ0v) is 12.7. The van der Waals surface area contributed by atoms with Gasteiger partial charge < -0.3 is 10.2 Å². The summed E-state index contributed by atoms with van der Waals surface area (Å²) >= 11 is 0. The van der Waals surface area contributed by atoms with Crippen LogP contribution in [0.5, 0.6) is 0 Å². The van der Waals surface area contributed by atoms with Crippen molar-refractivity contribution in [3.05, 3.63) is 59.9 Å². The van der Waals surface area contributed by atoms with Crippen LogP contribution in [0.4, 0.5) is 8.78 Å². The third-order valence-corrected chi connectivity index (χ3v) is 3.91. The summed E-state index contributed by atoms with van der Waals surface area (Å²) in [4.78, 5) is 30.4. The minimum Gasteiger partial charge on any atom is -0.477 e. The number of aromatic carboxylic acids is 2. The molecule has 0 bridgehead atoms. The maximum atomic E-state index is 14.6. The summed E-state index contributed by atoms with van der Waals surface area (Å²) in [5.41, 5.74) is -0.813. The molecule has 0 atom stereocenters. The Morgan fingerprint density at radius 2 is 1.58 bits per heavy atom. The van der Waals surface area contributed by atoms with Crippen LogP contribution < -0.4 is 0 Å². The van der Waals surface area contributed by atoms with Crippen LogP contribution in [0.1, 0.15) is 21.0 Å². The van der Waals surface area contributed by atoms with Crippen molar-refractivity contribution in [2.45, 2.75) is 0 Å². The monoisotopic (exact) mass is 358 g/mol. The number of pyridine rings is 2. The first kappa shape index (κ1) is 15.7. The minimum atomic E-state index is -1.33. The zero-order chi connectivity index (χ0) is 18.6. The highest BCUT2D eigenvalue weighted by Gasteiger charge is 2.22. The molecule has 0 aliphatic carbocycles. The predicted octanol–water partition coefficient (Wildman–Crippen LogP) is 2.32. The molecule has 0 unspecified atom stereocenters. The van der Waals surface area contributed by atoms with E-state index in [1.54, 1.807) is 0 Å². The molecule has 4 aromatic heterocycles. The molecule has 0 aromatic carbocycles. The van der Waals surface area contributed by atoms with Crippen LogP contribution in [0.15, 0.2) is 36.9 Å². The van der Waals surface area contributed by atoms with Gasteiger partial charge >= 0.3 is 11.9 Å². The molecule has 0 saturated carbocycles. The lowest BCUT2D eigenvalue weighted by atomic mass is 10.1. The van der Waals surface area contributed by atoms with E-state index >= 15 is 0 Å². The Morgan fingerprint density at radius 1 is 0.962 bits per heavy atom. The van der Waals surface area contributed by atoms with Crippen molar-refractivity contribution >= 4 is 23.2 Å². The van der Waals surface area contributed by atoms with Crippen LogP contribution in [0.3, 0.4) is 0 Å². The van der Waals surface area contributed by atoms with E-state index in [4.69, 9.17) is 0 Å². The average molecular weight is 358 g/mol. The van der Waals surface area contributed by atoms with Crippen molar-refractivity contribution in [3.63, 3.8) is 0 Å². The number of rotatable bonds is 3. The SMILES string of the molecule is O=C(O)c1cnc2c(-c3c(F)ccn4c(C(=O)O)cnc34)cc(F)cn12. The number of carbonyl (C=O) groups is 2. The number of fused-ring (bicyclic) bond motifs is 2. The van der Waals surface area contributed by atoms with Crippen molar-refractivity contribution in [3.8, 4) is 11.1 Å². The van der Waals surface area contributed by atoms with Gasteiger partial charge in [0, 0.05) is 18.0 Å². The second-order valence-electron chi connectivity index (χ2n) is 5.40. The smallest absolute Gasteiger partial charge is 0.354 e. The van der Waals surface area contributed by atoms with Crippen LogP contribution in [0.25, 0.3) is 22.4 Å². The molecule has 8 nitrogen and oxygen atoms in total. The number of hydrogen-bond acceptors (Lipinski definition) is 4. The Bertz CT molecular complexity index is 1230. The van der Waals surface area contributed by atoms with Gasteiger partial charge in [-0.1, -0.05) is 0 Å². The second-order valence-corrected chi connectivity index (χ2v) is 5.40. The average Bonchev–Trinajstić information content (AvgIpc) is 3.17. The minimum absolute atomic E-state index is 0.00400. The molecule has 10 heteroatoms. The molecule has 0 saturated heterocycles. The van der Waals surface area contributed by atoms with E-state index in [0.29, 0.717) is 0 Å². The van der Waals surface area contributed by atoms with Crippen LogP contribution in [0, 0.1) is 11.6 Å². The highest BCUT2D eigenvalue weighted by atomic mass is 19.1. The number of imidazole rings is 2. The first-order chi connectivity index (χ1) is 12.4. The molecule has 4 heterocycles. The molecule has 0 aliphatic heterocycles. The molecule has 26 heavy (non-hydrogen) atoms. The number of hydrogen-bond donors (Lipinski definition) is 2. The summed E-state index contributed by atoms with van der Waals surface area (Å²) in [6.07, 6.45) is 4.18. The van der Waals surface area contributed by atoms with Gasteiger partial charge in [-0.2, -0.15) is 0 Å². The normalized spacial score (nSPS) is 11.3. The third-order valence-electron chi connectivity index (χ3n) is 3.91. The van der Waals surface area contributed by atoms with Crippen molar-refractivity contribution in [2.75, 3.05) is 0 Å². The molecule has 0 aliphatic rings. The fraction of sp³-hybridized carbons (Fsp3) is 0. The summed E-state index contributed by atoms with van der Waals surface area (Å²) < 4.78 is 30.8. The topological polar surface area (TPSA) is 109 Å². The van der Waals surface area contributed by atoms with Crippen LogP contribution in [-0.4, -0.2) is 40.9 Å². The van der Waals surface area contributed by atoms with E-state index in [1.807, 2.05) is 0 Å². The van der Waals surface area contributed by atoms with Gasteiger partial charge in [-0.25, -0.2) is 28.3 Å². The van der Waals surface area contributed by atoms with E-state index in [-0.39, 0.29) is 33.8 Å². The summed E-state index contributed by atoms with van der Waals surface area (Å²) in [6.45, 7) is 0. The summed E-state index contributed by atoms with van der Waals surface area (Å²) in [5, 5.41) is 18.4. The molecule has 0 radical (unpaired) electrons. The standard InChI is InChI=1S/C16H8F2N4O4/c17-7-3-8(13-19-5-11(16(25)26)22(13)6-7)12-9(18)1-2-21-10(15(23)24)4-20-14(12)21/h1-6H,(H,23,24)(H,25,26). The van der Waals surface area contributed by atoms with Crippen molar-refractivity contribution < 1.29 is 28.6 Å². The van der Waals surface area contributed by atoms with Gasteiger partial charge in [0.1, 0.15) is 22.9 Å². The molecule has 2 N–H and O–H groups in total. The number of nitrogens with zero attached hydrogens (tertiary/aromatic N) is 4. The fourth-order valence-corrected chi connectivity index (χ4v) is 2.83. The van der Waals surface area contributed by atoms with Gasteiger partial charge in [-0.15, -0.1) is 0 Å². The van der Waals surface area contributed by atoms with Gasteiger partial charge in [-0.05, 0) is 12.1 Å². The Hall–Kier alpha value is -3.82. The zero-order valence-electron chi connectivity index (χ0n) is 12.7. The van der Waals surface area contributed by atoms with E-state index in [0.717, 1.165) is 39.5 Å². The van der Waals surface area contributed by atoms with Gasteiger partial charge in [0.05, 0.1) is 18.0 Å². The summed E-state index contributed by atoms with van der Waals surface area (Å²) in [6, 6.07) is 2.00. The van der Waals surface area contributed by atoms with Crippen LogP contribution >= 0.6 is 0 Å². The van der Waals surface area contributed by atoms with E-state index < -0.39 is 23.6 Å². The highest BCUT2D eigenvalue weighted by Crippen LogP contribution is 2.31. The molecular weight excluding hydrogens is 350 g/mol. The lowest BCUT2D eigenvalue weighted by Crippen LogP contribution is -2.04. The Balaban J connectivity index is 2.12. The Labute approximate surface area is 142 Å². The molecule has 130 valence electrons. The largest absolute Gasteiger partial charge is 0.477 e. The molecular formula is C16H8F2N4O4. The van der Waals surface area contributed by atoms with E-state index in [9.17, 15) is 28.6 Å². The Kier molecular flexibility index (Phi) is 3.22. The number of halogens is 2. The third kappa shape index (κ3) is 2.12. The van der Waals surface area contributed by atoms with Crippen LogP contribution in [0.2, 0.25) is 0 Å². The predicted molar refractivity (Wildman–Crippen MR) is 83.2 cm³/mol. The summed E-state index contributed by atoms with van der Waals surface area (Å²) in [7, 11) is 0. The number of carboxylic acid groups (broad SMARTS) is 2. The molecule has 4 aromatic rings. The van der Waals surface area contributed by atoms with Gasteiger partial charge in [0.2, 0.25) is 0 Å². The second kappa shape index (κ2) is 5.34. The Morgan fingerprint density at radius 3 is 2.23 bits per heavy atom. The quantitative estimate of drug-likeness (QED) is 0.582. The van der Waals surface area contributed by atoms with Gasteiger partial charge in [0.25, 0.3) is 0 Å². The summed E-state index contributed by atoms with van der Waals surface area (Å²) in [5.74, 6) is -4.21. The molecule has 0 amide bonds. The van der Waals surface area contributed by atoms with Crippen molar-refractivity contribution in [1.29, 1.82) is 0 Å². The van der Waals surface area contributed by atoms with Crippen molar-refractivity contribution in [2.24, 2.45) is 0 Å². The first-order valence-corrected chi connectivity index (χ1v) is 7.17. The first-order valence-electron chi connectivity index (χ1n) is 7.17. The molecule has 0 spiro atoms. The van der Waals surface area contributed by atoms with Crippen LogP contribution in [-0.2, 0) is 0 Å². The molecule has 0 fully saturated rings. The molecule has 4 rings (SSSR count).